The van der Waals surface area contributed by atoms with Crippen LogP contribution in [0.1, 0.15) is 33.1 Å². The maximum absolute atomic E-state index is 11.0. The zero-order valence-electron chi connectivity index (χ0n) is 10.1. The average Bonchev–Trinajstić information content (AvgIpc) is 2.27. The highest BCUT2D eigenvalue weighted by Gasteiger charge is 2.15. The lowest BCUT2D eigenvalue weighted by Gasteiger charge is -2.21. The summed E-state index contributed by atoms with van der Waals surface area (Å²) in [6, 6.07) is 0. The Kier molecular flexibility index (Phi) is 5.09. The van der Waals surface area contributed by atoms with Gasteiger partial charge < -0.3 is 9.47 Å². The topological polar surface area (TPSA) is 35.5 Å². The molecule has 0 saturated heterocycles. The number of ether oxygens (including phenoxy) is 2. The molecule has 0 heterocycles. The highest BCUT2D eigenvalue weighted by molar-refractivity contribution is 5.60. The fraction of sp³-hybridized carbons (Fsp3) is 0.615. The molecule has 0 aliphatic heterocycles. The van der Waals surface area contributed by atoms with Gasteiger partial charge in [-0.3, -0.25) is 0 Å². The van der Waals surface area contributed by atoms with Crippen molar-refractivity contribution in [3.63, 3.8) is 0 Å². The second-order valence-corrected chi connectivity index (χ2v) is 4.15. The Hall–Kier alpha value is -1.25. The van der Waals surface area contributed by atoms with Crippen molar-refractivity contribution in [3.05, 3.63) is 23.8 Å². The van der Waals surface area contributed by atoms with E-state index < -0.39 is 6.16 Å². The van der Waals surface area contributed by atoms with Crippen LogP contribution in [0, 0.1) is 5.92 Å². The Bertz CT molecular complexity index is 292. The van der Waals surface area contributed by atoms with Gasteiger partial charge in [-0.05, 0) is 44.6 Å². The van der Waals surface area contributed by atoms with Gasteiger partial charge in [0.1, 0.15) is 6.61 Å². The predicted octanol–water partition coefficient (Wildman–Crippen LogP) is 3.46. The van der Waals surface area contributed by atoms with Crippen molar-refractivity contribution in [2.45, 2.75) is 33.1 Å². The summed E-state index contributed by atoms with van der Waals surface area (Å²) in [5.74, 6) is 0.589. The van der Waals surface area contributed by atoms with Gasteiger partial charge in [-0.15, -0.1) is 0 Å². The minimum absolute atomic E-state index is 0.357. The molecular weight excluding hydrogens is 204 g/mol. The fourth-order valence-corrected chi connectivity index (χ4v) is 1.78. The Morgan fingerprint density at radius 3 is 2.81 bits per heavy atom. The average molecular weight is 224 g/mol. The minimum atomic E-state index is -0.578. The smallest absolute Gasteiger partial charge is 0.435 e. The van der Waals surface area contributed by atoms with Crippen LogP contribution in [0.3, 0.4) is 0 Å². The molecule has 3 nitrogen and oxygen atoms in total. The number of carbonyl (C=O) groups excluding carboxylic acids is 1. The van der Waals surface area contributed by atoms with Gasteiger partial charge in [0, 0.05) is 0 Å². The van der Waals surface area contributed by atoms with Crippen molar-refractivity contribution in [3.8, 4) is 0 Å². The Morgan fingerprint density at radius 1 is 1.56 bits per heavy atom. The van der Waals surface area contributed by atoms with Crippen LogP contribution in [-0.4, -0.2) is 19.4 Å². The van der Waals surface area contributed by atoms with Crippen LogP contribution in [-0.2, 0) is 9.47 Å². The number of carbonyl (C=O) groups is 1. The molecule has 0 aromatic heterocycles. The maximum atomic E-state index is 11.0. The highest BCUT2D eigenvalue weighted by atomic mass is 16.7. The molecule has 16 heavy (non-hydrogen) atoms. The number of allylic oxidation sites excluding steroid dienone is 2. The lowest BCUT2D eigenvalue weighted by atomic mass is 9.86. The molecule has 1 atom stereocenters. The van der Waals surface area contributed by atoms with Crippen LogP contribution in [0.5, 0.6) is 0 Å². The third-order valence-electron chi connectivity index (χ3n) is 2.84. The molecule has 0 aromatic carbocycles. The van der Waals surface area contributed by atoms with Crippen molar-refractivity contribution in [2.24, 2.45) is 5.92 Å². The number of hydrogen-bond donors (Lipinski definition) is 0. The van der Waals surface area contributed by atoms with E-state index in [0.29, 0.717) is 19.1 Å². The fourth-order valence-electron chi connectivity index (χ4n) is 1.78. The van der Waals surface area contributed by atoms with E-state index >= 15 is 0 Å². The van der Waals surface area contributed by atoms with E-state index in [9.17, 15) is 4.79 Å². The summed E-state index contributed by atoms with van der Waals surface area (Å²) in [5, 5.41) is 0. The number of hydrogen-bond acceptors (Lipinski definition) is 3. The molecule has 0 unspecified atom stereocenters. The molecule has 0 bridgehead atoms. The molecule has 0 radical (unpaired) electrons. The minimum Gasteiger partial charge on any atom is -0.435 e. The Balaban J connectivity index is 2.30. The van der Waals surface area contributed by atoms with E-state index in [4.69, 9.17) is 4.74 Å². The van der Waals surface area contributed by atoms with Crippen molar-refractivity contribution in [1.29, 1.82) is 0 Å². The van der Waals surface area contributed by atoms with Gasteiger partial charge in [0.15, 0.2) is 0 Å². The third-order valence-corrected chi connectivity index (χ3v) is 2.84. The summed E-state index contributed by atoms with van der Waals surface area (Å²) in [4.78, 5) is 11.0. The quantitative estimate of drug-likeness (QED) is 0.542. The van der Waals surface area contributed by atoms with E-state index in [1.54, 1.807) is 6.92 Å². The van der Waals surface area contributed by atoms with Crippen LogP contribution in [0.4, 0.5) is 4.79 Å². The molecule has 0 saturated carbocycles. The largest absolute Gasteiger partial charge is 0.508 e. The lowest BCUT2D eigenvalue weighted by molar-refractivity contribution is 0.0647. The summed E-state index contributed by atoms with van der Waals surface area (Å²) in [6.07, 6.45) is 4.67. The van der Waals surface area contributed by atoms with Crippen LogP contribution < -0.4 is 0 Å². The molecule has 0 amide bonds. The molecule has 0 aromatic rings. The Morgan fingerprint density at radius 2 is 2.31 bits per heavy atom. The molecule has 0 fully saturated rings. The SMILES string of the molecule is C=C(C)[C@@H]1CC=C(COC(=O)OCC)CC1. The summed E-state index contributed by atoms with van der Waals surface area (Å²) in [7, 11) is 0. The zero-order valence-corrected chi connectivity index (χ0v) is 10.1. The van der Waals surface area contributed by atoms with Gasteiger partial charge in [0.05, 0.1) is 6.61 Å². The second-order valence-electron chi connectivity index (χ2n) is 4.15. The first-order valence-electron chi connectivity index (χ1n) is 5.76. The molecule has 1 rings (SSSR count). The van der Waals surface area contributed by atoms with E-state index in [0.717, 1.165) is 19.3 Å². The van der Waals surface area contributed by atoms with Crippen molar-refractivity contribution < 1.29 is 14.3 Å². The summed E-state index contributed by atoms with van der Waals surface area (Å²) in [5.41, 5.74) is 2.42. The van der Waals surface area contributed by atoms with Crippen LogP contribution in [0.25, 0.3) is 0 Å². The van der Waals surface area contributed by atoms with E-state index in [-0.39, 0.29) is 0 Å². The monoisotopic (exact) mass is 224 g/mol. The van der Waals surface area contributed by atoms with Crippen LogP contribution in [0.2, 0.25) is 0 Å². The van der Waals surface area contributed by atoms with Gasteiger partial charge in [0.2, 0.25) is 0 Å². The maximum Gasteiger partial charge on any atom is 0.508 e. The molecule has 1 aliphatic rings. The van der Waals surface area contributed by atoms with E-state index in [1.807, 2.05) is 0 Å². The highest BCUT2D eigenvalue weighted by Crippen LogP contribution is 2.28. The molecule has 90 valence electrons. The molecule has 1 aliphatic carbocycles. The van der Waals surface area contributed by atoms with Gasteiger partial charge in [-0.2, -0.15) is 0 Å². The standard InChI is InChI=1S/C13H20O3/c1-4-15-13(14)16-9-11-5-7-12(8-6-11)10(2)3/h5,12H,2,4,6-9H2,1,3H3/t12-/m1/s1. The van der Waals surface area contributed by atoms with Gasteiger partial charge in [-0.25, -0.2) is 4.79 Å². The summed E-state index contributed by atoms with van der Waals surface area (Å²) in [6.45, 7) is 8.52. The first-order valence-corrected chi connectivity index (χ1v) is 5.76. The lowest BCUT2D eigenvalue weighted by Crippen LogP contribution is -2.13. The van der Waals surface area contributed by atoms with Crippen LogP contribution >= 0.6 is 0 Å². The van der Waals surface area contributed by atoms with Gasteiger partial charge in [-0.1, -0.05) is 18.2 Å². The predicted molar refractivity (Wildman–Crippen MR) is 63.2 cm³/mol. The summed E-state index contributed by atoms with van der Waals surface area (Å²) >= 11 is 0. The normalized spacial score (nSPS) is 19.9. The first kappa shape index (κ1) is 12.8. The summed E-state index contributed by atoms with van der Waals surface area (Å²) < 4.78 is 9.66. The van der Waals surface area contributed by atoms with Gasteiger partial charge >= 0.3 is 6.16 Å². The molecular formula is C13H20O3. The van der Waals surface area contributed by atoms with Crippen molar-refractivity contribution >= 4 is 6.16 Å². The zero-order chi connectivity index (χ0) is 12.0. The number of rotatable bonds is 4. The molecule has 3 heteroatoms. The Labute approximate surface area is 97.1 Å². The van der Waals surface area contributed by atoms with Crippen molar-refractivity contribution in [1.82, 2.24) is 0 Å². The third kappa shape index (κ3) is 4.09. The van der Waals surface area contributed by atoms with E-state index in [1.165, 1.54) is 11.1 Å². The first-order chi connectivity index (χ1) is 7.63. The van der Waals surface area contributed by atoms with Crippen molar-refractivity contribution in [2.75, 3.05) is 13.2 Å². The van der Waals surface area contributed by atoms with Crippen LogP contribution in [0.15, 0.2) is 23.8 Å². The molecule has 0 N–H and O–H groups in total. The van der Waals surface area contributed by atoms with Gasteiger partial charge in [0.25, 0.3) is 0 Å². The second kappa shape index (κ2) is 6.36. The van der Waals surface area contributed by atoms with E-state index in [2.05, 4.69) is 24.3 Å². The molecule has 0 spiro atoms.